The molecule has 3 heteroatoms. The van der Waals surface area contributed by atoms with E-state index < -0.39 is 0 Å². The van der Waals surface area contributed by atoms with Crippen molar-refractivity contribution < 1.29 is 4.79 Å². The van der Waals surface area contributed by atoms with Gasteiger partial charge in [0, 0.05) is 13.5 Å². The van der Waals surface area contributed by atoms with E-state index in [0.29, 0.717) is 12.3 Å². The monoisotopic (exact) mass is 290 g/mol. The summed E-state index contributed by atoms with van der Waals surface area (Å²) in [5, 5.41) is 0. The summed E-state index contributed by atoms with van der Waals surface area (Å²) in [6, 6.07) is 10.5. The summed E-state index contributed by atoms with van der Waals surface area (Å²) in [5.41, 5.74) is 6.70. The molecular weight excluding hydrogens is 260 g/mol. The zero-order valence-electron chi connectivity index (χ0n) is 13.7. The second-order valence-corrected chi connectivity index (χ2v) is 6.06. The molecule has 118 valence electrons. The molecule has 1 rings (SSSR count). The number of amides is 1. The van der Waals surface area contributed by atoms with Crippen LogP contribution in [0.2, 0.25) is 0 Å². The number of nitrogens with zero attached hydrogens (tertiary/aromatic N) is 1. The first-order valence-electron chi connectivity index (χ1n) is 8.08. The summed E-state index contributed by atoms with van der Waals surface area (Å²) in [4.78, 5) is 14.3. The van der Waals surface area contributed by atoms with Crippen molar-refractivity contribution in [1.29, 1.82) is 0 Å². The van der Waals surface area contributed by atoms with Gasteiger partial charge in [-0.15, -0.1) is 0 Å². The standard InChI is InChI=1S/C18H30N2O/c1-15(2)18(16-11-7-6-8-12-16)20(3)17(21)13-9-4-5-10-14-19/h6-8,11-12,15,18H,4-5,9-10,13-14,19H2,1-3H3. The first-order valence-corrected chi connectivity index (χ1v) is 8.08. The average Bonchev–Trinajstić information content (AvgIpc) is 2.47. The van der Waals surface area contributed by atoms with Crippen molar-refractivity contribution >= 4 is 5.91 Å². The molecule has 0 aliphatic carbocycles. The maximum Gasteiger partial charge on any atom is 0.222 e. The molecule has 0 bridgehead atoms. The Bertz CT molecular complexity index is 403. The van der Waals surface area contributed by atoms with E-state index in [1.165, 1.54) is 5.56 Å². The number of unbranched alkanes of at least 4 members (excludes halogenated alkanes) is 3. The maximum atomic E-state index is 12.4. The number of carbonyl (C=O) groups excluding carboxylic acids is 1. The Morgan fingerprint density at radius 2 is 1.71 bits per heavy atom. The molecule has 0 aliphatic heterocycles. The van der Waals surface area contributed by atoms with Crippen LogP contribution >= 0.6 is 0 Å². The molecule has 0 aliphatic rings. The van der Waals surface area contributed by atoms with Crippen molar-refractivity contribution in [3.8, 4) is 0 Å². The predicted molar refractivity (Wildman–Crippen MR) is 88.9 cm³/mol. The predicted octanol–water partition coefficient (Wildman–Crippen LogP) is 3.75. The quantitative estimate of drug-likeness (QED) is 0.704. The van der Waals surface area contributed by atoms with Gasteiger partial charge in [0.1, 0.15) is 0 Å². The van der Waals surface area contributed by atoms with Gasteiger partial charge in [0.25, 0.3) is 0 Å². The van der Waals surface area contributed by atoms with Gasteiger partial charge in [0.2, 0.25) is 5.91 Å². The number of benzene rings is 1. The van der Waals surface area contributed by atoms with Crippen LogP contribution in [0.25, 0.3) is 0 Å². The Morgan fingerprint density at radius 1 is 1.10 bits per heavy atom. The van der Waals surface area contributed by atoms with Gasteiger partial charge in [-0.25, -0.2) is 0 Å². The number of hydrogen-bond donors (Lipinski definition) is 1. The van der Waals surface area contributed by atoms with Crippen LogP contribution in [0.5, 0.6) is 0 Å². The van der Waals surface area contributed by atoms with Crippen LogP contribution in [0.1, 0.15) is 57.6 Å². The highest BCUT2D eigenvalue weighted by molar-refractivity contribution is 5.76. The highest BCUT2D eigenvalue weighted by Gasteiger charge is 2.23. The van der Waals surface area contributed by atoms with Crippen molar-refractivity contribution in [2.24, 2.45) is 11.7 Å². The van der Waals surface area contributed by atoms with Crippen molar-refractivity contribution in [2.75, 3.05) is 13.6 Å². The first kappa shape index (κ1) is 17.7. The number of hydrogen-bond acceptors (Lipinski definition) is 2. The van der Waals surface area contributed by atoms with Crippen LogP contribution in [-0.2, 0) is 4.79 Å². The van der Waals surface area contributed by atoms with Crippen LogP contribution in [0.3, 0.4) is 0 Å². The molecule has 0 fully saturated rings. The van der Waals surface area contributed by atoms with E-state index in [2.05, 4.69) is 26.0 Å². The molecule has 0 heterocycles. The number of rotatable bonds is 9. The first-order chi connectivity index (χ1) is 10.1. The average molecular weight is 290 g/mol. The molecule has 3 nitrogen and oxygen atoms in total. The fourth-order valence-corrected chi connectivity index (χ4v) is 2.81. The molecule has 0 saturated carbocycles. The minimum atomic E-state index is 0.155. The van der Waals surface area contributed by atoms with Crippen LogP contribution in [-0.4, -0.2) is 24.4 Å². The van der Waals surface area contributed by atoms with E-state index >= 15 is 0 Å². The van der Waals surface area contributed by atoms with Crippen molar-refractivity contribution in [3.05, 3.63) is 35.9 Å². The van der Waals surface area contributed by atoms with E-state index in [1.54, 1.807) is 0 Å². The van der Waals surface area contributed by atoms with Gasteiger partial charge in [-0.3, -0.25) is 4.79 Å². The molecule has 0 aromatic heterocycles. The van der Waals surface area contributed by atoms with Gasteiger partial charge in [0.15, 0.2) is 0 Å². The van der Waals surface area contributed by atoms with E-state index in [-0.39, 0.29) is 11.9 Å². The summed E-state index contributed by atoms with van der Waals surface area (Å²) in [6.07, 6.45) is 4.87. The van der Waals surface area contributed by atoms with Crippen LogP contribution in [0.15, 0.2) is 30.3 Å². The lowest BCUT2D eigenvalue weighted by atomic mass is 9.94. The van der Waals surface area contributed by atoms with Gasteiger partial charge >= 0.3 is 0 Å². The zero-order valence-corrected chi connectivity index (χ0v) is 13.7. The fraction of sp³-hybridized carbons (Fsp3) is 0.611. The lowest BCUT2D eigenvalue weighted by Crippen LogP contribution is -2.33. The molecule has 0 radical (unpaired) electrons. The minimum Gasteiger partial charge on any atom is -0.338 e. The molecular formula is C18H30N2O. The zero-order chi connectivity index (χ0) is 15.7. The minimum absolute atomic E-state index is 0.155. The largest absolute Gasteiger partial charge is 0.338 e. The summed E-state index contributed by atoms with van der Waals surface area (Å²) >= 11 is 0. The van der Waals surface area contributed by atoms with Gasteiger partial charge in [0.05, 0.1) is 6.04 Å². The third-order valence-electron chi connectivity index (χ3n) is 3.93. The highest BCUT2D eigenvalue weighted by atomic mass is 16.2. The molecule has 1 unspecified atom stereocenters. The summed E-state index contributed by atoms with van der Waals surface area (Å²) in [6.45, 7) is 5.09. The van der Waals surface area contributed by atoms with E-state index in [9.17, 15) is 4.79 Å². The smallest absolute Gasteiger partial charge is 0.222 e. The van der Waals surface area contributed by atoms with Gasteiger partial charge < -0.3 is 10.6 Å². The topological polar surface area (TPSA) is 46.3 Å². The second kappa shape index (κ2) is 9.56. The molecule has 1 atom stereocenters. The van der Waals surface area contributed by atoms with Crippen LogP contribution < -0.4 is 5.73 Å². The number of carbonyl (C=O) groups is 1. The molecule has 0 saturated heterocycles. The van der Waals surface area contributed by atoms with Gasteiger partial charge in [-0.1, -0.05) is 57.0 Å². The summed E-state index contributed by atoms with van der Waals surface area (Å²) in [7, 11) is 1.93. The summed E-state index contributed by atoms with van der Waals surface area (Å²) < 4.78 is 0. The Kier molecular flexibility index (Phi) is 8.06. The lowest BCUT2D eigenvalue weighted by Gasteiger charge is -2.32. The Morgan fingerprint density at radius 3 is 2.29 bits per heavy atom. The molecule has 1 aromatic carbocycles. The maximum absolute atomic E-state index is 12.4. The second-order valence-electron chi connectivity index (χ2n) is 6.06. The van der Waals surface area contributed by atoms with Crippen molar-refractivity contribution in [2.45, 2.75) is 52.0 Å². The Balaban J connectivity index is 2.56. The van der Waals surface area contributed by atoms with Gasteiger partial charge in [-0.2, -0.15) is 0 Å². The Labute approximate surface area is 129 Å². The number of nitrogens with two attached hydrogens (primary N) is 1. The van der Waals surface area contributed by atoms with Crippen molar-refractivity contribution in [1.82, 2.24) is 4.90 Å². The highest BCUT2D eigenvalue weighted by Crippen LogP contribution is 2.28. The molecule has 2 N–H and O–H groups in total. The summed E-state index contributed by atoms with van der Waals surface area (Å²) in [5.74, 6) is 0.642. The molecule has 21 heavy (non-hydrogen) atoms. The van der Waals surface area contributed by atoms with Crippen molar-refractivity contribution in [3.63, 3.8) is 0 Å². The van der Waals surface area contributed by atoms with Crippen LogP contribution in [0.4, 0.5) is 0 Å². The third-order valence-corrected chi connectivity index (χ3v) is 3.93. The van der Waals surface area contributed by atoms with E-state index in [0.717, 1.165) is 32.2 Å². The molecule has 1 amide bonds. The van der Waals surface area contributed by atoms with Gasteiger partial charge in [-0.05, 0) is 30.9 Å². The SMILES string of the molecule is CC(C)C(c1ccccc1)N(C)C(=O)CCCCCCN. The normalized spacial score (nSPS) is 12.4. The Hall–Kier alpha value is -1.35. The van der Waals surface area contributed by atoms with Crippen LogP contribution in [0, 0.1) is 5.92 Å². The lowest BCUT2D eigenvalue weighted by molar-refractivity contribution is -0.133. The fourth-order valence-electron chi connectivity index (χ4n) is 2.81. The molecule has 0 spiro atoms. The molecule has 1 aromatic rings. The van der Waals surface area contributed by atoms with E-state index in [1.807, 2.05) is 30.1 Å². The van der Waals surface area contributed by atoms with E-state index in [4.69, 9.17) is 5.73 Å². The third kappa shape index (κ3) is 5.88.